The summed E-state index contributed by atoms with van der Waals surface area (Å²) in [6.45, 7) is 7.61. The molecule has 4 rings (SSSR count). The Morgan fingerprint density at radius 2 is 1.28 bits per heavy atom. The number of hydrogen-bond donors (Lipinski definition) is 1. The molecule has 0 bridgehead atoms. The first-order valence-corrected chi connectivity index (χ1v) is 17.4. The third-order valence-corrected chi connectivity index (χ3v) is 8.72. The van der Waals surface area contributed by atoms with Crippen molar-refractivity contribution in [3.63, 3.8) is 0 Å². The summed E-state index contributed by atoms with van der Waals surface area (Å²) in [5, 5.41) is 1.27. The lowest BCUT2D eigenvalue weighted by atomic mass is 9.92. The van der Waals surface area contributed by atoms with Crippen LogP contribution in [-0.2, 0) is 29.8 Å². The zero-order valence-corrected chi connectivity index (χ0v) is 32.8. The molecule has 0 saturated heterocycles. The Morgan fingerprint density at radius 1 is 0.672 bits per heavy atom. The van der Waals surface area contributed by atoms with Gasteiger partial charge in [-0.25, -0.2) is 9.18 Å². The van der Waals surface area contributed by atoms with Gasteiger partial charge in [0.15, 0.2) is 17.6 Å². The Labute approximate surface area is 334 Å². The van der Waals surface area contributed by atoms with Crippen LogP contribution in [0.1, 0.15) is 80.0 Å². The van der Waals surface area contributed by atoms with Crippen LogP contribution in [0.2, 0.25) is 0 Å². The number of quaternary nitrogens is 1. The Bertz CT molecular complexity index is 2020. The Balaban J connectivity index is 0.00000900. The largest absolute Gasteiger partial charge is 1.00 e. The predicted octanol–water partition coefficient (Wildman–Crippen LogP) is 7.89. The molecule has 0 unspecified atom stereocenters. The third-order valence-electron chi connectivity index (χ3n) is 8.72. The SMILES string of the molecule is COc1ccc(OC(=O)O[C@H](c2cc(C(F)(F)F)cc(C(F)(F)F)c2)[C@H](C)[NH2+]Cc2cc(C(F)(F)F)ccc2-c2cc(C(C)C)c(F)cc2OC)c(OC(C)C)c1.[Cl-]. The van der Waals surface area contributed by atoms with Gasteiger partial charge in [-0.3, -0.25) is 0 Å². The number of carbonyl (C=O) groups is 1. The summed E-state index contributed by atoms with van der Waals surface area (Å²) in [5.74, 6) is -0.932. The molecule has 0 saturated carbocycles. The van der Waals surface area contributed by atoms with E-state index in [0.717, 1.165) is 24.3 Å². The minimum atomic E-state index is -5.27. The molecule has 0 heterocycles. The van der Waals surface area contributed by atoms with Crippen LogP contribution in [0.5, 0.6) is 23.0 Å². The number of rotatable bonds is 13. The summed E-state index contributed by atoms with van der Waals surface area (Å²) in [4.78, 5) is 13.4. The summed E-state index contributed by atoms with van der Waals surface area (Å²) in [5.41, 5.74) is -4.63. The second kappa shape index (κ2) is 18.8. The first-order chi connectivity index (χ1) is 26.4. The number of halogens is 11. The summed E-state index contributed by atoms with van der Waals surface area (Å²) >= 11 is 0. The molecular formula is C40H40ClF10NO6. The standard InChI is InChI=1S/C40H39F10NO6.ClH/c1-20(2)30-17-31(34(54-7)18-32(30)41)29-10-8-25(38(42,43)44)14-24(29)19-51-22(5)36(23-12-26(39(45,46)47)15-27(13-23)40(48,49)50)57-37(52)56-33-11-9-28(53-6)16-35(33)55-21(3)4;/h8-18,20-22,36,51H,19H2,1-7H3;1H/t22-,36-;/m0./s1. The molecule has 0 aliphatic heterocycles. The van der Waals surface area contributed by atoms with Crippen molar-refractivity contribution in [2.45, 2.75) is 83.9 Å². The third kappa shape index (κ3) is 11.8. The second-order valence-electron chi connectivity index (χ2n) is 13.6. The molecule has 58 heavy (non-hydrogen) atoms. The van der Waals surface area contributed by atoms with E-state index in [0.29, 0.717) is 17.9 Å². The summed E-state index contributed by atoms with van der Waals surface area (Å²) in [6, 6.07) is 8.67. The highest BCUT2D eigenvalue weighted by atomic mass is 35.5. The number of nitrogens with two attached hydrogens (primary N) is 1. The smallest absolute Gasteiger partial charge is 0.514 e. The molecule has 4 aromatic rings. The van der Waals surface area contributed by atoms with Crippen LogP contribution in [0.4, 0.5) is 48.7 Å². The van der Waals surface area contributed by atoms with E-state index >= 15 is 0 Å². The minimum absolute atomic E-state index is 0. The molecule has 0 radical (unpaired) electrons. The van der Waals surface area contributed by atoms with Crippen LogP contribution >= 0.6 is 0 Å². The molecule has 0 fully saturated rings. The molecule has 318 valence electrons. The van der Waals surface area contributed by atoms with Gasteiger partial charge in [-0.2, -0.15) is 39.5 Å². The predicted molar refractivity (Wildman–Crippen MR) is 188 cm³/mol. The topological polar surface area (TPSA) is 79.8 Å². The van der Waals surface area contributed by atoms with Crippen LogP contribution in [-0.4, -0.2) is 32.5 Å². The molecule has 0 amide bonds. The Hall–Kier alpha value is -4.90. The number of ether oxygens (including phenoxy) is 5. The fraction of sp³-hybridized carbons (Fsp3) is 0.375. The minimum Gasteiger partial charge on any atom is -1.00 e. The molecule has 0 aliphatic rings. The van der Waals surface area contributed by atoms with Crippen molar-refractivity contribution in [2.24, 2.45) is 0 Å². The van der Waals surface area contributed by atoms with Crippen LogP contribution in [0.25, 0.3) is 11.1 Å². The lowest BCUT2D eigenvalue weighted by molar-refractivity contribution is -0.708. The number of methoxy groups -OCH3 is 2. The molecule has 0 aliphatic carbocycles. The lowest BCUT2D eigenvalue weighted by Gasteiger charge is -2.25. The molecule has 0 aromatic heterocycles. The normalized spacial score (nSPS) is 13.2. The summed E-state index contributed by atoms with van der Waals surface area (Å²) in [6.07, 6.45) is -19.3. The van der Waals surface area contributed by atoms with Crippen molar-refractivity contribution in [3.8, 4) is 34.1 Å². The monoisotopic (exact) mass is 855 g/mol. The zero-order chi connectivity index (χ0) is 42.6. The van der Waals surface area contributed by atoms with Crippen LogP contribution in [0.3, 0.4) is 0 Å². The Kier molecular flexibility index (Phi) is 15.4. The maximum absolute atomic E-state index is 14.9. The van der Waals surface area contributed by atoms with E-state index in [1.807, 2.05) is 0 Å². The van der Waals surface area contributed by atoms with Gasteiger partial charge in [0.05, 0.1) is 37.0 Å². The molecule has 0 spiro atoms. The van der Waals surface area contributed by atoms with Gasteiger partial charge in [0.25, 0.3) is 0 Å². The van der Waals surface area contributed by atoms with Crippen molar-refractivity contribution in [1.82, 2.24) is 0 Å². The van der Waals surface area contributed by atoms with E-state index in [4.69, 9.17) is 23.7 Å². The maximum Gasteiger partial charge on any atom is 0.514 e. The summed E-state index contributed by atoms with van der Waals surface area (Å²) < 4.78 is 168. The van der Waals surface area contributed by atoms with Crippen LogP contribution in [0, 0.1) is 5.82 Å². The van der Waals surface area contributed by atoms with E-state index in [9.17, 15) is 48.7 Å². The fourth-order valence-corrected chi connectivity index (χ4v) is 5.92. The quantitative estimate of drug-likeness (QED) is 0.0838. The van der Waals surface area contributed by atoms with E-state index in [-0.39, 0.29) is 63.9 Å². The van der Waals surface area contributed by atoms with E-state index < -0.39 is 77.5 Å². The number of benzene rings is 4. The maximum atomic E-state index is 14.9. The van der Waals surface area contributed by atoms with Gasteiger partial charge < -0.3 is 41.4 Å². The van der Waals surface area contributed by atoms with E-state index in [2.05, 4.69) is 0 Å². The molecule has 2 atom stereocenters. The average molecular weight is 856 g/mol. The van der Waals surface area contributed by atoms with Gasteiger partial charge in [0, 0.05) is 23.3 Å². The fourth-order valence-electron chi connectivity index (χ4n) is 5.92. The van der Waals surface area contributed by atoms with Gasteiger partial charge in [0.2, 0.25) is 0 Å². The highest BCUT2D eigenvalue weighted by Crippen LogP contribution is 2.41. The second-order valence-corrected chi connectivity index (χ2v) is 13.6. The highest BCUT2D eigenvalue weighted by molar-refractivity contribution is 5.75. The van der Waals surface area contributed by atoms with Gasteiger partial charge >= 0.3 is 24.7 Å². The molecule has 7 nitrogen and oxygen atoms in total. The Morgan fingerprint density at radius 3 is 1.79 bits per heavy atom. The van der Waals surface area contributed by atoms with E-state index in [1.165, 1.54) is 50.7 Å². The van der Waals surface area contributed by atoms with Gasteiger partial charge in [0.1, 0.15) is 29.9 Å². The number of alkyl halides is 9. The average Bonchev–Trinajstić information content (AvgIpc) is 3.11. The first kappa shape index (κ1) is 47.5. The molecule has 18 heteroatoms. The van der Waals surface area contributed by atoms with Crippen molar-refractivity contribution in [2.75, 3.05) is 14.2 Å². The highest BCUT2D eigenvalue weighted by Gasteiger charge is 2.40. The summed E-state index contributed by atoms with van der Waals surface area (Å²) in [7, 11) is 2.60. The molecule has 2 N–H and O–H groups in total. The number of carbonyl (C=O) groups excluding carboxylic acids is 1. The zero-order valence-electron chi connectivity index (χ0n) is 32.1. The van der Waals surface area contributed by atoms with Gasteiger partial charge in [-0.05, 0) is 91.9 Å². The van der Waals surface area contributed by atoms with E-state index in [1.54, 1.807) is 27.7 Å². The van der Waals surface area contributed by atoms with Gasteiger partial charge in [-0.15, -0.1) is 0 Å². The lowest BCUT2D eigenvalue weighted by Crippen LogP contribution is -3.00. The van der Waals surface area contributed by atoms with Crippen molar-refractivity contribution in [3.05, 3.63) is 106 Å². The van der Waals surface area contributed by atoms with Crippen molar-refractivity contribution >= 4 is 6.16 Å². The van der Waals surface area contributed by atoms with Crippen molar-refractivity contribution < 1.29 is 90.1 Å². The van der Waals surface area contributed by atoms with Gasteiger partial charge in [-0.1, -0.05) is 19.9 Å². The number of hydrogen-bond acceptors (Lipinski definition) is 6. The van der Waals surface area contributed by atoms with Crippen LogP contribution < -0.4 is 36.7 Å². The van der Waals surface area contributed by atoms with Crippen LogP contribution in [0.15, 0.2) is 66.7 Å². The van der Waals surface area contributed by atoms with Crippen molar-refractivity contribution in [1.29, 1.82) is 0 Å². The molecular weight excluding hydrogens is 816 g/mol. The first-order valence-electron chi connectivity index (χ1n) is 17.4. The molecule has 4 aromatic carbocycles.